The molecule has 4 aliphatic rings. The van der Waals surface area contributed by atoms with Crippen molar-refractivity contribution in [3.63, 3.8) is 0 Å². The first-order valence-electron chi connectivity index (χ1n) is 33.7. The van der Waals surface area contributed by atoms with Crippen LogP contribution in [0.2, 0.25) is 0 Å². The monoisotopic (exact) mass is 1270 g/mol. The molecule has 0 saturated heterocycles. The van der Waals surface area contributed by atoms with Gasteiger partial charge in [0.15, 0.2) is 0 Å². The number of nitrogens with zero attached hydrogens (tertiary/aromatic N) is 5. The zero-order valence-electron chi connectivity index (χ0n) is 53.5. The fraction of sp³-hybridized carbons (Fsp3) is 0. The summed E-state index contributed by atoms with van der Waals surface area (Å²) in [5, 5.41) is 0. The van der Waals surface area contributed by atoms with Gasteiger partial charge in [-0.15, -0.1) is 0 Å². The molecule has 0 aliphatic carbocycles. The van der Waals surface area contributed by atoms with Crippen molar-refractivity contribution in [1.29, 1.82) is 0 Å². The number of para-hydroxylation sites is 8. The Morgan fingerprint density at radius 3 is 1.20 bits per heavy atom. The lowest BCUT2D eigenvalue weighted by Gasteiger charge is -2.47. The lowest BCUT2D eigenvalue weighted by atomic mass is 9.30. The Morgan fingerprint density at radius 1 is 0.235 bits per heavy atom. The van der Waals surface area contributed by atoms with Gasteiger partial charge in [0.1, 0.15) is 0 Å². The number of fused-ring (bicyclic) bond motifs is 8. The summed E-state index contributed by atoms with van der Waals surface area (Å²) in [6.45, 7) is -0.342. The summed E-state index contributed by atoms with van der Waals surface area (Å²) < 4.78 is 0. The van der Waals surface area contributed by atoms with Gasteiger partial charge in [-0.2, -0.15) is 0 Å². The average molecular weight is 1270 g/mol. The van der Waals surface area contributed by atoms with E-state index in [0.717, 1.165) is 119 Å². The van der Waals surface area contributed by atoms with Gasteiger partial charge in [-0.1, -0.05) is 278 Å². The van der Waals surface area contributed by atoms with Gasteiger partial charge in [-0.3, -0.25) is 0 Å². The van der Waals surface area contributed by atoms with Gasteiger partial charge in [0.25, 0.3) is 6.71 Å². The fourth-order valence-corrected chi connectivity index (χ4v) is 17.1. The second kappa shape index (κ2) is 23.9. The van der Waals surface area contributed by atoms with Gasteiger partial charge in [-0.25, -0.2) is 0 Å². The van der Waals surface area contributed by atoms with E-state index in [4.69, 9.17) is 0 Å². The van der Waals surface area contributed by atoms with Crippen molar-refractivity contribution in [2.24, 2.45) is 0 Å². The van der Waals surface area contributed by atoms with Crippen molar-refractivity contribution < 1.29 is 0 Å². The molecule has 8 heteroatoms. The van der Waals surface area contributed by atoms with Crippen molar-refractivity contribution in [3.05, 3.63) is 370 Å². The molecule has 0 aromatic heterocycles. The number of rotatable bonds is 12. The second-order valence-electron chi connectivity index (χ2n) is 25.5. The molecule has 15 aromatic rings. The van der Waals surface area contributed by atoms with E-state index in [9.17, 15) is 0 Å². The molecular formula is C90H61B2N5S. The highest BCUT2D eigenvalue weighted by Crippen LogP contribution is 2.55. The highest BCUT2D eigenvalue weighted by Gasteiger charge is 2.49. The minimum absolute atomic E-state index is 0.133. The number of hydrogen-bond donors (Lipinski definition) is 0. The number of benzene rings is 15. The molecule has 0 amide bonds. The van der Waals surface area contributed by atoms with Gasteiger partial charge in [-0.05, 0) is 153 Å². The minimum Gasteiger partial charge on any atom is -0.311 e. The predicted octanol–water partition coefficient (Wildman–Crippen LogP) is 20.5. The van der Waals surface area contributed by atoms with Gasteiger partial charge in [0, 0.05) is 94.7 Å². The van der Waals surface area contributed by atoms with Crippen LogP contribution in [0.3, 0.4) is 0 Å². The Balaban J connectivity index is 0.957. The summed E-state index contributed by atoms with van der Waals surface area (Å²) in [5.74, 6) is 0. The van der Waals surface area contributed by atoms with Crippen LogP contribution in [0.25, 0.3) is 33.4 Å². The van der Waals surface area contributed by atoms with E-state index in [-0.39, 0.29) is 13.4 Å². The van der Waals surface area contributed by atoms with Crippen molar-refractivity contribution in [2.75, 3.05) is 24.5 Å². The van der Waals surface area contributed by atoms with Crippen LogP contribution in [0.1, 0.15) is 0 Å². The maximum absolute atomic E-state index is 2.69. The topological polar surface area (TPSA) is 16.2 Å². The number of hydrogen-bond acceptors (Lipinski definition) is 6. The normalized spacial score (nSPS) is 12.8. The molecule has 0 N–H and O–H groups in total. The molecule has 0 unspecified atom stereocenters. The van der Waals surface area contributed by atoms with Gasteiger partial charge in [0.2, 0.25) is 6.71 Å². The summed E-state index contributed by atoms with van der Waals surface area (Å²) >= 11 is 1.89. The highest BCUT2D eigenvalue weighted by atomic mass is 32.2. The molecular weight excluding hydrogens is 1200 g/mol. The first-order valence-corrected chi connectivity index (χ1v) is 34.5. The smallest absolute Gasteiger partial charge is 0.252 e. The van der Waals surface area contributed by atoms with E-state index in [1.54, 1.807) is 0 Å². The SMILES string of the molecule is c1ccc(-c2ccccc2N(c2ccccc2)c2cc3c4c(c2)N(c2ccccc2)c2cc5c(cc2B4c2ccccc2S3)B2c3ccccc3N(c3ccccc3)c3cc(N(c4ccccc4)c4ccccc4)cc(c32)N5c2c(-c3ccccc3)cccc2-c2ccccc2)cc1. The maximum Gasteiger partial charge on any atom is 0.252 e. The first-order chi connectivity index (χ1) is 48.7. The van der Waals surface area contributed by atoms with E-state index in [1.807, 2.05) is 11.8 Å². The van der Waals surface area contributed by atoms with E-state index in [0.29, 0.717) is 0 Å². The highest BCUT2D eigenvalue weighted by molar-refractivity contribution is 8.00. The molecule has 458 valence electrons. The van der Waals surface area contributed by atoms with E-state index in [1.165, 1.54) is 42.6 Å². The van der Waals surface area contributed by atoms with Crippen molar-refractivity contribution >= 4 is 143 Å². The molecule has 0 spiro atoms. The standard InChI is InChI=1S/C90H61B2N5S/c1-9-32-62(33-10-1)72-48-25-28-53-79(72)94(67-42-19-6-20-43-67)71-58-85-89-87(59-71)98-86-55-30-27-52-76(86)92(89)77-60-78-82(61-81(77)96(85)69-46-23-8-24-47-69)97(90-73(63-34-11-2-12-35-63)49-31-50-74(90)64-36-13-3-14-37-64)84-57-70(93(65-38-15-4-16-39-65)66-40-17-5-18-41-66)56-83-88(84)91(78)75-51-26-29-54-80(75)95(83)68-44-21-7-22-45-68/h1-61H. The molecule has 0 fully saturated rings. The third-order valence-electron chi connectivity index (χ3n) is 20.0. The lowest BCUT2D eigenvalue weighted by molar-refractivity contribution is 1.21. The molecule has 0 atom stereocenters. The van der Waals surface area contributed by atoms with E-state index in [2.05, 4.69) is 395 Å². The first kappa shape index (κ1) is 57.2. The zero-order chi connectivity index (χ0) is 64.6. The largest absolute Gasteiger partial charge is 0.311 e. The molecule has 5 nitrogen and oxygen atoms in total. The maximum atomic E-state index is 2.69. The van der Waals surface area contributed by atoms with E-state index < -0.39 is 0 Å². The summed E-state index contributed by atoms with van der Waals surface area (Å²) in [6, 6.07) is 137. The zero-order valence-corrected chi connectivity index (χ0v) is 54.3. The molecule has 98 heavy (non-hydrogen) atoms. The van der Waals surface area contributed by atoms with Gasteiger partial charge in [0.05, 0.1) is 17.1 Å². The second-order valence-corrected chi connectivity index (χ2v) is 26.6. The predicted molar refractivity (Wildman–Crippen MR) is 416 cm³/mol. The lowest BCUT2D eigenvalue weighted by Crippen LogP contribution is -2.64. The van der Waals surface area contributed by atoms with Gasteiger partial charge >= 0.3 is 0 Å². The quantitative estimate of drug-likeness (QED) is 0.113. The minimum atomic E-state index is -0.210. The molecule has 15 aromatic carbocycles. The molecule has 0 saturated carbocycles. The third-order valence-corrected chi connectivity index (χ3v) is 21.1. The summed E-state index contributed by atoms with van der Waals surface area (Å²) in [4.78, 5) is 15.2. The molecule has 0 radical (unpaired) electrons. The van der Waals surface area contributed by atoms with Crippen LogP contribution >= 0.6 is 11.8 Å². The molecule has 19 rings (SSSR count). The van der Waals surface area contributed by atoms with E-state index >= 15 is 0 Å². The van der Waals surface area contributed by atoms with Crippen LogP contribution in [0.15, 0.2) is 380 Å². The molecule has 4 aliphatic heterocycles. The van der Waals surface area contributed by atoms with Crippen molar-refractivity contribution in [3.8, 4) is 33.4 Å². The van der Waals surface area contributed by atoms with Gasteiger partial charge < -0.3 is 24.5 Å². The van der Waals surface area contributed by atoms with Crippen LogP contribution < -0.4 is 57.3 Å². The van der Waals surface area contributed by atoms with Crippen LogP contribution in [0.5, 0.6) is 0 Å². The summed E-state index contributed by atoms with van der Waals surface area (Å²) in [7, 11) is 0. The Bertz CT molecular complexity index is 5420. The Kier molecular flexibility index (Phi) is 14.0. The Morgan fingerprint density at radius 2 is 0.633 bits per heavy atom. The molecule has 4 heterocycles. The summed E-state index contributed by atoms with van der Waals surface area (Å²) in [6.07, 6.45) is 0. The fourth-order valence-electron chi connectivity index (χ4n) is 15.9. The molecule has 0 bridgehead atoms. The van der Waals surface area contributed by atoms with Crippen LogP contribution in [-0.4, -0.2) is 13.4 Å². The van der Waals surface area contributed by atoms with Crippen LogP contribution in [0.4, 0.5) is 85.3 Å². The Hall–Kier alpha value is -12.2. The third kappa shape index (κ3) is 9.43. The van der Waals surface area contributed by atoms with Crippen molar-refractivity contribution in [1.82, 2.24) is 0 Å². The van der Waals surface area contributed by atoms with Crippen LogP contribution in [0, 0.1) is 0 Å². The number of anilines is 15. The van der Waals surface area contributed by atoms with Crippen LogP contribution in [-0.2, 0) is 0 Å². The summed E-state index contributed by atoms with van der Waals surface area (Å²) in [5.41, 5.74) is 30.9. The average Bonchev–Trinajstić information content (AvgIpc) is 0.685. The van der Waals surface area contributed by atoms with Crippen molar-refractivity contribution in [2.45, 2.75) is 9.79 Å². The Labute approximate surface area is 577 Å².